The third kappa shape index (κ3) is 3.06. The molecule has 3 aromatic rings. The maximum atomic E-state index is 13.3. The van der Waals surface area contributed by atoms with Crippen molar-refractivity contribution in [1.29, 1.82) is 0 Å². The minimum atomic E-state index is -0.356. The Bertz CT molecular complexity index is 1170. The summed E-state index contributed by atoms with van der Waals surface area (Å²) < 4.78 is 0. The van der Waals surface area contributed by atoms with Crippen molar-refractivity contribution >= 4 is 22.6 Å². The van der Waals surface area contributed by atoms with Crippen molar-refractivity contribution in [1.82, 2.24) is 24.8 Å². The smallest absolute Gasteiger partial charge is 0.272 e. The van der Waals surface area contributed by atoms with Gasteiger partial charge in [0.05, 0.1) is 12.4 Å². The summed E-state index contributed by atoms with van der Waals surface area (Å²) in [6.45, 7) is 1.63. The van der Waals surface area contributed by atoms with Crippen molar-refractivity contribution in [3.05, 3.63) is 70.7 Å². The summed E-state index contributed by atoms with van der Waals surface area (Å²) >= 11 is 0. The monoisotopic (exact) mass is 389 g/mol. The average Bonchev–Trinajstić information content (AvgIpc) is 3.05. The molecular formula is C21H19N5O3. The number of hydrogen-bond donors (Lipinski definition) is 1. The molecule has 2 fully saturated rings. The Morgan fingerprint density at radius 1 is 1.10 bits per heavy atom. The molecule has 2 aliphatic rings. The van der Waals surface area contributed by atoms with Crippen LogP contribution in [0.25, 0.3) is 10.8 Å². The summed E-state index contributed by atoms with van der Waals surface area (Å²) in [6.07, 6.45) is 5.56. The van der Waals surface area contributed by atoms with Crippen LogP contribution in [0.4, 0.5) is 0 Å². The molecule has 1 N–H and O–H groups in total. The molecule has 2 amide bonds. The van der Waals surface area contributed by atoms with Gasteiger partial charge in [0.15, 0.2) is 0 Å². The van der Waals surface area contributed by atoms with E-state index in [0.717, 1.165) is 17.2 Å². The SMILES string of the molecule is O=C(c1cc(=O)[nH]cn1)N1CC2CC(C1)N(C(=O)c1cccc3cnccc13)C2. The fraction of sp³-hybridized carbons (Fsp3) is 0.286. The molecular weight excluding hydrogens is 370 g/mol. The second-order valence-corrected chi connectivity index (χ2v) is 7.62. The maximum absolute atomic E-state index is 13.3. The molecule has 2 bridgehead atoms. The van der Waals surface area contributed by atoms with Crippen molar-refractivity contribution in [3.63, 3.8) is 0 Å². The number of amides is 2. The van der Waals surface area contributed by atoms with E-state index in [0.29, 0.717) is 25.2 Å². The van der Waals surface area contributed by atoms with Crippen LogP contribution < -0.4 is 5.56 Å². The van der Waals surface area contributed by atoms with Gasteiger partial charge in [-0.15, -0.1) is 0 Å². The average molecular weight is 389 g/mol. The summed E-state index contributed by atoms with van der Waals surface area (Å²) in [4.78, 5) is 51.8. The van der Waals surface area contributed by atoms with E-state index in [-0.39, 0.29) is 35.0 Å². The van der Waals surface area contributed by atoms with Gasteiger partial charge < -0.3 is 14.8 Å². The van der Waals surface area contributed by atoms with Crippen molar-refractivity contribution in [2.75, 3.05) is 19.6 Å². The van der Waals surface area contributed by atoms with Crippen molar-refractivity contribution in [2.24, 2.45) is 5.92 Å². The summed E-state index contributed by atoms with van der Waals surface area (Å²) in [6, 6.07) is 8.69. The van der Waals surface area contributed by atoms with Crippen LogP contribution >= 0.6 is 0 Å². The largest absolute Gasteiger partial charge is 0.335 e. The van der Waals surface area contributed by atoms with Crippen molar-refractivity contribution < 1.29 is 9.59 Å². The lowest BCUT2D eigenvalue weighted by atomic mass is 9.99. The number of fused-ring (bicyclic) bond motifs is 3. The highest BCUT2D eigenvalue weighted by molar-refractivity contribution is 6.07. The van der Waals surface area contributed by atoms with Crippen LogP contribution in [-0.2, 0) is 0 Å². The van der Waals surface area contributed by atoms with Crippen LogP contribution in [0.2, 0.25) is 0 Å². The minimum absolute atomic E-state index is 0.0159. The highest BCUT2D eigenvalue weighted by Crippen LogP contribution is 2.32. The minimum Gasteiger partial charge on any atom is -0.335 e. The van der Waals surface area contributed by atoms with Crippen molar-refractivity contribution in [2.45, 2.75) is 12.5 Å². The van der Waals surface area contributed by atoms with Gasteiger partial charge in [0.1, 0.15) is 5.69 Å². The molecule has 2 atom stereocenters. The van der Waals surface area contributed by atoms with Gasteiger partial charge >= 0.3 is 0 Å². The number of nitrogens with zero attached hydrogens (tertiary/aromatic N) is 4. The van der Waals surface area contributed by atoms with E-state index >= 15 is 0 Å². The van der Waals surface area contributed by atoms with Crippen LogP contribution in [0, 0.1) is 5.92 Å². The fourth-order valence-electron chi connectivity index (χ4n) is 4.49. The van der Waals surface area contributed by atoms with E-state index in [9.17, 15) is 14.4 Å². The Hall–Kier alpha value is -3.55. The molecule has 4 heterocycles. The van der Waals surface area contributed by atoms with Gasteiger partial charge in [0.2, 0.25) is 0 Å². The Morgan fingerprint density at radius 3 is 2.86 bits per heavy atom. The number of benzene rings is 1. The number of piperidine rings is 1. The number of aromatic nitrogens is 3. The number of nitrogens with one attached hydrogen (secondary N) is 1. The van der Waals surface area contributed by atoms with E-state index in [2.05, 4.69) is 15.0 Å². The second kappa shape index (κ2) is 6.80. The molecule has 2 aromatic heterocycles. The highest BCUT2D eigenvalue weighted by Gasteiger charge is 2.42. The molecule has 29 heavy (non-hydrogen) atoms. The zero-order valence-corrected chi connectivity index (χ0v) is 15.6. The first-order valence-electron chi connectivity index (χ1n) is 9.58. The fourth-order valence-corrected chi connectivity index (χ4v) is 4.49. The van der Waals surface area contributed by atoms with Crippen LogP contribution in [0.15, 0.2) is 53.8 Å². The summed E-state index contributed by atoms with van der Waals surface area (Å²) in [5.74, 6) is -0.0606. The lowest BCUT2D eigenvalue weighted by Crippen LogP contribution is -2.46. The standard InChI is InChI=1S/C21H19N5O3/c27-19-7-18(23-12-24-19)21(29)25-9-13-6-15(11-25)26(10-13)20(28)17-3-1-2-14-8-22-5-4-16(14)17/h1-5,7-8,12-13,15H,6,9-11H2,(H,23,24,27). The number of carbonyl (C=O) groups excluding carboxylic acids is 2. The van der Waals surface area contributed by atoms with Crippen LogP contribution in [-0.4, -0.2) is 62.2 Å². The first kappa shape index (κ1) is 17.5. The first-order chi connectivity index (χ1) is 14.1. The lowest BCUT2D eigenvalue weighted by molar-refractivity contribution is 0.0615. The normalized spacial score (nSPS) is 20.8. The van der Waals surface area contributed by atoms with E-state index in [1.54, 1.807) is 17.3 Å². The number of rotatable bonds is 2. The molecule has 146 valence electrons. The molecule has 0 saturated carbocycles. The van der Waals surface area contributed by atoms with E-state index in [4.69, 9.17) is 0 Å². The molecule has 2 saturated heterocycles. The molecule has 8 nitrogen and oxygen atoms in total. The van der Waals surface area contributed by atoms with E-state index in [1.165, 1.54) is 12.4 Å². The first-order valence-corrected chi connectivity index (χ1v) is 9.58. The van der Waals surface area contributed by atoms with Gasteiger partial charge in [-0.25, -0.2) is 4.98 Å². The predicted octanol–water partition coefficient (Wildman–Crippen LogP) is 1.30. The molecule has 0 spiro atoms. The number of pyridine rings is 1. The third-order valence-electron chi connectivity index (χ3n) is 5.77. The third-order valence-corrected chi connectivity index (χ3v) is 5.77. The van der Waals surface area contributed by atoms with Crippen LogP contribution in [0.5, 0.6) is 0 Å². The molecule has 2 unspecified atom stereocenters. The molecule has 1 aromatic carbocycles. The number of carbonyl (C=O) groups is 2. The highest BCUT2D eigenvalue weighted by atomic mass is 16.2. The molecule has 5 rings (SSSR count). The zero-order valence-electron chi connectivity index (χ0n) is 15.6. The summed E-state index contributed by atoms with van der Waals surface area (Å²) in [5.41, 5.74) is 0.437. The molecule has 0 radical (unpaired) electrons. The predicted molar refractivity (Wildman–Crippen MR) is 105 cm³/mol. The number of H-pyrrole nitrogens is 1. The Labute approximate surface area is 166 Å². The molecule has 0 aliphatic carbocycles. The van der Waals surface area contributed by atoms with Crippen LogP contribution in [0.3, 0.4) is 0 Å². The van der Waals surface area contributed by atoms with Gasteiger partial charge in [-0.2, -0.15) is 0 Å². The molecule has 2 aliphatic heterocycles. The van der Waals surface area contributed by atoms with Crippen LogP contribution in [0.1, 0.15) is 27.3 Å². The zero-order chi connectivity index (χ0) is 20.0. The maximum Gasteiger partial charge on any atom is 0.272 e. The Kier molecular flexibility index (Phi) is 4.12. The second-order valence-electron chi connectivity index (χ2n) is 7.62. The number of likely N-dealkylation sites (tertiary alicyclic amines) is 2. The summed E-state index contributed by atoms with van der Waals surface area (Å²) in [7, 11) is 0. The Balaban J connectivity index is 1.40. The topological polar surface area (TPSA) is 99.3 Å². The lowest BCUT2D eigenvalue weighted by Gasteiger charge is -2.32. The van der Waals surface area contributed by atoms with E-state index < -0.39 is 0 Å². The quantitative estimate of drug-likeness (QED) is 0.712. The van der Waals surface area contributed by atoms with Gasteiger partial charge in [-0.1, -0.05) is 12.1 Å². The number of hydrogen-bond acceptors (Lipinski definition) is 5. The number of aromatic amines is 1. The van der Waals surface area contributed by atoms with Gasteiger partial charge in [0, 0.05) is 49.0 Å². The van der Waals surface area contributed by atoms with Gasteiger partial charge in [-0.3, -0.25) is 19.4 Å². The molecule has 8 heteroatoms. The van der Waals surface area contributed by atoms with Gasteiger partial charge in [-0.05, 0) is 29.9 Å². The van der Waals surface area contributed by atoms with E-state index in [1.807, 2.05) is 29.2 Å². The van der Waals surface area contributed by atoms with Crippen molar-refractivity contribution in [3.8, 4) is 0 Å². The Morgan fingerprint density at radius 2 is 2.00 bits per heavy atom. The summed E-state index contributed by atoms with van der Waals surface area (Å²) in [5, 5.41) is 1.81. The van der Waals surface area contributed by atoms with Gasteiger partial charge in [0.25, 0.3) is 17.4 Å².